The van der Waals surface area contributed by atoms with Gasteiger partial charge in [-0.1, -0.05) is 12.1 Å². The van der Waals surface area contributed by atoms with Crippen LogP contribution >= 0.6 is 22.6 Å². The Hall–Kier alpha value is -2.42. The summed E-state index contributed by atoms with van der Waals surface area (Å²) in [6, 6.07) is 14.5. The fourth-order valence-corrected chi connectivity index (χ4v) is 2.65. The molecule has 122 valence electrons. The first-order chi connectivity index (χ1) is 11.7. The average molecular weight is 435 g/mol. The highest BCUT2D eigenvalue weighted by molar-refractivity contribution is 14.1. The minimum absolute atomic E-state index is 0.122. The number of furan rings is 1. The van der Waals surface area contributed by atoms with Crippen LogP contribution in [0.4, 0.5) is 0 Å². The van der Waals surface area contributed by atoms with Crippen LogP contribution in [-0.4, -0.2) is 29.3 Å². The van der Waals surface area contributed by atoms with Crippen molar-refractivity contribution < 1.29 is 13.9 Å². The van der Waals surface area contributed by atoms with Crippen molar-refractivity contribution in [3.05, 3.63) is 63.9 Å². The van der Waals surface area contributed by atoms with Crippen LogP contribution in [0.3, 0.4) is 0 Å². The fourth-order valence-electron chi connectivity index (χ4n) is 2.01. The summed E-state index contributed by atoms with van der Waals surface area (Å²) in [5, 5.41) is 10.8. The molecule has 2 heterocycles. The first-order valence-corrected chi connectivity index (χ1v) is 8.35. The Balaban J connectivity index is 1.47. The second-order valence-corrected chi connectivity index (χ2v) is 5.98. The third kappa shape index (κ3) is 4.10. The molecule has 7 heteroatoms. The van der Waals surface area contributed by atoms with E-state index in [0.717, 1.165) is 3.57 Å². The zero-order valence-corrected chi connectivity index (χ0v) is 14.8. The summed E-state index contributed by atoms with van der Waals surface area (Å²) >= 11 is 2.14. The Morgan fingerprint density at radius 2 is 2.00 bits per heavy atom. The molecule has 0 bridgehead atoms. The van der Waals surface area contributed by atoms with Crippen molar-refractivity contribution in [3.63, 3.8) is 0 Å². The van der Waals surface area contributed by atoms with Crippen LogP contribution in [-0.2, 0) is 0 Å². The largest absolute Gasteiger partial charge is 0.475 e. The number of ether oxygens (including phenoxy) is 1. The predicted octanol–water partition coefficient (Wildman–Crippen LogP) is 3.15. The second kappa shape index (κ2) is 7.91. The Morgan fingerprint density at radius 3 is 2.71 bits per heavy atom. The summed E-state index contributed by atoms with van der Waals surface area (Å²) in [5.74, 6) is 0.926. The maximum atomic E-state index is 12.0. The summed E-state index contributed by atoms with van der Waals surface area (Å²) in [7, 11) is 0. The number of benzene rings is 1. The fraction of sp³-hybridized carbons (Fsp3) is 0.118. The predicted molar refractivity (Wildman–Crippen MR) is 96.7 cm³/mol. The minimum Gasteiger partial charge on any atom is -0.475 e. The number of carbonyl (C=O) groups excluding carboxylic acids is 1. The van der Waals surface area contributed by atoms with E-state index in [-0.39, 0.29) is 5.91 Å². The molecule has 0 aliphatic heterocycles. The van der Waals surface area contributed by atoms with Crippen LogP contribution in [0.1, 0.15) is 10.4 Å². The van der Waals surface area contributed by atoms with Crippen molar-refractivity contribution in [2.75, 3.05) is 13.2 Å². The van der Waals surface area contributed by atoms with Crippen LogP contribution in [0.15, 0.2) is 59.2 Å². The molecule has 6 nitrogen and oxygen atoms in total. The summed E-state index contributed by atoms with van der Waals surface area (Å²) in [5.41, 5.74) is 1.29. The molecule has 3 rings (SSSR count). The number of nitrogens with zero attached hydrogens (tertiary/aromatic N) is 2. The quantitative estimate of drug-likeness (QED) is 0.476. The van der Waals surface area contributed by atoms with Crippen molar-refractivity contribution in [1.29, 1.82) is 0 Å². The lowest BCUT2D eigenvalue weighted by molar-refractivity contribution is 0.0945. The number of carbonyl (C=O) groups is 1. The Kier molecular flexibility index (Phi) is 5.42. The maximum Gasteiger partial charge on any atom is 0.252 e. The smallest absolute Gasteiger partial charge is 0.252 e. The Bertz CT molecular complexity index is 804. The van der Waals surface area contributed by atoms with E-state index < -0.39 is 0 Å². The molecular weight excluding hydrogens is 421 g/mol. The molecule has 0 unspecified atom stereocenters. The molecule has 0 fully saturated rings. The van der Waals surface area contributed by atoms with E-state index in [9.17, 15) is 4.79 Å². The normalized spacial score (nSPS) is 10.4. The Labute approximate surface area is 152 Å². The van der Waals surface area contributed by atoms with Crippen molar-refractivity contribution in [3.8, 4) is 17.3 Å². The highest BCUT2D eigenvalue weighted by atomic mass is 127. The van der Waals surface area contributed by atoms with Gasteiger partial charge in [-0.15, -0.1) is 10.2 Å². The third-order valence-corrected chi connectivity index (χ3v) is 4.11. The third-order valence-electron chi connectivity index (χ3n) is 3.17. The number of hydrogen-bond donors (Lipinski definition) is 1. The second-order valence-electron chi connectivity index (χ2n) is 4.82. The molecule has 1 aromatic carbocycles. The topological polar surface area (TPSA) is 77.2 Å². The summed E-state index contributed by atoms with van der Waals surface area (Å²) in [6.45, 7) is 0.690. The molecule has 1 amide bonds. The van der Waals surface area contributed by atoms with Gasteiger partial charge in [-0.2, -0.15) is 0 Å². The summed E-state index contributed by atoms with van der Waals surface area (Å²) in [4.78, 5) is 12.0. The van der Waals surface area contributed by atoms with Crippen LogP contribution in [0.25, 0.3) is 11.5 Å². The first kappa shape index (κ1) is 16.4. The molecular formula is C17H14IN3O3. The molecule has 0 radical (unpaired) electrons. The molecule has 3 aromatic rings. The number of aromatic nitrogens is 2. The lowest BCUT2D eigenvalue weighted by Gasteiger charge is -2.08. The van der Waals surface area contributed by atoms with Crippen LogP contribution in [0.5, 0.6) is 5.88 Å². The van der Waals surface area contributed by atoms with Gasteiger partial charge in [-0.25, -0.2) is 0 Å². The highest BCUT2D eigenvalue weighted by Crippen LogP contribution is 2.17. The molecule has 0 saturated heterocycles. The molecule has 0 spiro atoms. The average Bonchev–Trinajstić information content (AvgIpc) is 3.14. The lowest BCUT2D eigenvalue weighted by Crippen LogP contribution is -2.28. The van der Waals surface area contributed by atoms with E-state index in [1.54, 1.807) is 30.5 Å². The van der Waals surface area contributed by atoms with Gasteiger partial charge >= 0.3 is 0 Å². The monoisotopic (exact) mass is 435 g/mol. The van der Waals surface area contributed by atoms with Gasteiger partial charge in [0, 0.05) is 9.64 Å². The van der Waals surface area contributed by atoms with Crippen molar-refractivity contribution >= 4 is 28.5 Å². The zero-order chi connectivity index (χ0) is 16.8. The van der Waals surface area contributed by atoms with Crippen LogP contribution in [0, 0.1) is 3.57 Å². The SMILES string of the molecule is O=C(NCCOc1ccc(-c2ccco2)nn1)c1ccccc1I. The number of amides is 1. The van der Waals surface area contributed by atoms with Gasteiger partial charge in [-0.3, -0.25) is 4.79 Å². The summed E-state index contributed by atoms with van der Waals surface area (Å²) in [6.07, 6.45) is 1.58. The standard InChI is InChI=1S/C17H14IN3O3/c18-13-5-2-1-4-12(13)17(22)19-9-11-24-16-8-7-14(20-21-16)15-6-3-10-23-15/h1-8,10H,9,11H2,(H,19,22). The highest BCUT2D eigenvalue weighted by Gasteiger charge is 2.08. The minimum atomic E-state index is -0.122. The van der Waals surface area contributed by atoms with E-state index >= 15 is 0 Å². The molecule has 0 aliphatic rings. The Morgan fingerprint density at radius 1 is 1.12 bits per heavy atom. The molecule has 0 atom stereocenters. The lowest BCUT2D eigenvalue weighted by atomic mass is 10.2. The van der Waals surface area contributed by atoms with Gasteiger partial charge < -0.3 is 14.5 Å². The van der Waals surface area contributed by atoms with Gasteiger partial charge in [0.25, 0.3) is 5.91 Å². The van der Waals surface area contributed by atoms with Gasteiger partial charge in [0.15, 0.2) is 5.76 Å². The van der Waals surface area contributed by atoms with E-state index in [0.29, 0.717) is 36.0 Å². The molecule has 0 saturated carbocycles. The zero-order valence-electron chi connectivity index (χ0n) is 12.6. The van der Waals surface area contributed by atoms with Crippen molar-refractivity contribution in [1.82, 2.24) is 15.5 Å². The molecule has 24 heavy (non-hydrogen) atoms. The molecule has 1 N–H and O–H groups in total. The number of halogens is 1. The first-order valence-electron chi connectivity index (χ1n) is 7.27. The van der Waals surface area contributed by atoms with E-state index in [1.807, 2.05) is 24.3 Å². The van der Waals surface area contributed by atoms with Crippen molar-refractivity contribution in [2.24, 2.45) is 0 Å². The van der Waals surface area contributed by atoms with Gasteiger partial charge in [-0.05, 0) is 52.9 Å². The van der Waals surface area contributed by atoms with E-state index in [2.05, 4.69) is 38.1 Å². The number of nitrogens with one attached hydrogen (secondary N) is 1. The number of rotatable bonds is 6. The van der Waals surface area contributed by atoms with Crippen LogP contribution in [0.2, 0.25) is 0 Å². The molecule has 2 aromatic heterocycles. The van der Waals surface area contributed by atoms with Gasteiger partial charge in [0.1, 0.15) is 12.3 Å². The van der Waals surface area contributed by atoms with E-state index in [1.165, 1.54) is 0 Å². The van der Waals surface area contributed by atoms with Gasteiger partial charge in [0.2, 0.25) is 5.88 Å². The number of hydrogen-bond acceptors (Lipinski definition) is 5. The van der Waals surface area contributed by atoms with Crippen LogP contribution < -0.4 is 10.1 Å². The van der Waals surface area contributed by atoms with Gasteiger partial charge in [0.05, 0.1) is 18.4 Å². The summed E-state index contributed by atoms with van der Waals surface area (Å²) < 4.78 is 11.6. The van der Waals surface area contributed by atoms with E-state index in [4.69, 9.17) is 9.15 Å². The maximum absolute atomic E-state index is 12.0. The molecule has 0 aliphatic carbocycles. The van der Waals surface area contributed by atoms with Crippen molar-refractivity contribution in [2.45, 2.75) is 0 Å².